The Labute approximate surface area is 403 Å². The van der Waals surface area contributed by atoms with Gasteiger partial charge in [0.15, 0.2) is 0 Å². The van der Waals surface area contributed by atoms with Crippen LogP contribution in [0.3, 0.4) is 0 Å². The molecular weight excluding hydrogens is 835 g/mol. The number of hydrogen-bond acceptors (Lipinski definition) is 1. The van der Waals surface area contributed by atoms with Gasteiger partial charge in [0.05, 0.1) is 33.6 Å². The smallest absolute Gasteiger partial charge is 0.0620 e. The summed E-state index contributed by atoms with van der Waals surface area (Å²) < 4.78 is 4.80. The Morgan fingerprint density at radius 3 is 1.78 bits per heavy atom. The van der Waals surface area contributed by atoms with Crippen LogP contribution in [0.25, 0.3) is 82.3 Å². The zero-order valence-corrected chi connectivity index (χ0v) is 38.7. The predicted molar refractivity (Wildman–Crippen MR) is 299 cm³/mol. The van der Waals surface area contributed by atoms with Gasteiger partial charge in [0.1, 0.15) is 0 Å². The van der Waals surface area contributed by atoms with E-state index in [1.165, 1.54) is 76.6 Å². The fraction of sp³-hybridized carbons (Fsp3) is 0.0303. The average Bonchev–Trinajstić information content (AvgIpc) is 4.04. The van der Waals surface area contributed by atoms with Gasteiger partial charge in [-0.15, -0.1) is 0 Å². The number of nitrogens with zero attached hydrogens (tertiary/aromatic N) is 3. The van der Waals surface area contributed by atoms with Gasteiger partial charge in [0.25, 0.3) is 0 Å². The van der Waals surface area contributed by atoms with Crippen molar-refractivity contribution in [3.05, 3.63) is 292 Å². The summed E-state index contributed by atoms with van der Waals surface area (Å²) in [5.41, 5.74) is 17.0. The summed E-state index contributed by atoms with van der Waals surface area (Å²) in [6.07, 6.45) is 21.1. The first kappa shape index (κ1) is 42.7. The Morgan fingerprint density at radius 1 is 0.493 bits per heavy atom. The van der Waals surface area contributed by atoms with E-state index in [0.29, 0.717) is 0 Å². The molecule has 69 heavy (non-hydrogen) atoms. The molecule has 0 spiro atoms. The lowest BCUT2D eigenvalue weighted by Crippen LogP contribution is -2.32. The molecule has 1 aliphatic rings. The maximum absolute atomic E-state index is 4.66. The second-order valence-electron chi connectivity index (χ2n) is 17.8. The molecular formula is C66H51N3. The van der Waals surface area contributed by atoms with E-state index in [9.17, 15) is 0 Å². The third-order valence-corrected chi connectivity index (χ3v) is 13.7. The zero-order valence-electron chi connectivity index (χ0n) is 38.7. The molecule has 1 atom stereocenters. The molecule has 3 nitrogen and oxygen atoms in total. The predicted octanol–water partition coefficient (Wildman–Crippen LogP) is 17.4. The quantitative estimate of drug-likeness (QED) is 0.0992. The fourth-order valence-corrected chi connectivity index (χ4v) is 10.1. The van der Waals surface area contributed by atoms with Crippen LogP contribution in [0.15, 0.2) is 286 Å². The highest BCUT2D eigenvalue weighted by molar-refractivity contribution is 6.23. The first-order chi connectivity index (χ1) is 33.8. The van der Waals surface area contributed by atoms with Crippen LogP contribution in [-0.4, -0.2) is 15.0 Å². The molecule has 0 saturated carbocycles. The van der Waals surface area contributed by atoms with E-state index >= 15 is 0 Å². The highest BCUT2D eigenvalue weighted by atomic mass is 15.2. The van der Waals surface area contributed by atoms with Gasteiger partial charge in [-0.25, -0.2) is 0 Å². The third-order valence-electron chi connectivity index (χ3n) is 13.7. The van der Waals surface area contributed by atoms with Gasteiger partial charge in [-0.1, -0.05) is 197 Å². The van der Waals surface area contributed by atoms with Crippen molar-refractivity contribution in [1.29, 1.82) is 0 Å². The van der Waals surface area contributed by atoms with E-state index < -0.39 is 0 Å². The van der Waals surface area contributed by atoms with Crippen molar-refractivity contribution in [2.75, 3.05) is 4.90 Å². The molecule has 0 N–H and O–H groups in total. The number of rotatable bonds is 14. The molecule has 11 rings (SSSR count). The van der Waals surface area contributed by atoms with E-state index in [1.54, 1.807) is 6.08 Å². The Kier molecular flexibility index (Phi) is 11.0. The maximum atomic E-state index is 4.66. The molecule has 0 amide bonds. The summed E-state index contributed by atoms with van der Waals surface area (Å²) in [4.78, 5) is 2.33. The standard InChI is InChI=1S/C66H51N3/c1-7-8-17-44(2)45(3)26-27-46(4)47(5)28-29-48(6)67(55-38-32-50(33-39-55)52-34-40-58-56-20-12-14-24-62(56)68(65(58)43-52)53-18-10-9-11-19-53)54-36-30-49(31-37-54)51-35-41-64-61(42-51)60-23-16-22-59-57-21-13-15-25-63(57)69(64)66(59)60/h7-38,40-43,55H,1-6,39H2. The molecule has 1 aliphatic carbocycles. The van der Waals surface area contributed by atoms with Crippen LogP contribution in [0.1, 0.15) is 12.0 Å². The van der Waals surface area contributed by atoms with E-state index in [0.717, 1.165) is 51.3 Å². The van der Waals surface area contributed by atoms with Crippen LogP contribution >= 0.6 is 0 Å². The molecule has 330 valence electrons. The molecule has 0 radical (unpaired) electrons. The molecule has 3 heterocycles. The summed E-state index contributed by atoms with van der Waals surface area (Å²) in [5.74, 6) is 0. The summed E-state index contributed by atoms with van der Waals surface area (Å²) in [7, 11) is 0. The summed E-state index contributed by atoms with van der Waals surface area (Å²) >= 11 is 0. The van der Waals surface area contributed by atoms with Crippen molar-refractivity contribution in [2.45, 2.75) is 12.5 Å². The number of benzene rings is 7. The van der Waals surface area contributed by atoms with Crippen LogP contribution < -0.4 is 4.90 Å². The van der Waals surface area contributed by atoms with Crippen molar-refractivity contribution >= 4 is 71.2 Å². The lowest BCUT2D eigenvalue weighted by Gasteiger charge is -2.33. The topological polar surface area (TPSA) is 12.6 Å². The van der Waals surface area contributed by atoms with E-state index in [2.05, 4.69) is 229 Å². The highest BCUT2D eigenvalue weighted by Crippen LogP contribution is 2.41. The van der Waals surface area contributed by atoms with Crippen LogP contribution in [0, 0.1) is 0 Å². The minimum atomic E-state index is 0.00987. The van der Waals surface area contributed by atoms with Gasteiger partial charge in [-0.2, -0.15) is 0 Å². The molecule has 0 bridgehead atoms. The summed E-state index contributed by atoms with van der Waals surface area (Å²) in [5, 5.41) is 7.60. The van der Waals surface area contributed by atoms with Crippen LogP contribution in [0.4, 0.5) is 5.69 Å². The van der Waals surface area contributed by atoms with E-state index in [1.807, 2.05) is 36.5 Å². The SMILES string of the molecule is C=CC=CC(=C)C(=C)C=CC(=C)C(=C)C=CC(=C)N(c1ccc(-c2ccc3c(c2)c2cccc4c5ccccc5n3c42)cc1)C1C=CC(c2ccc3c4ccccc4n(-c4ccccc4)c3c2)=CC1. The summed E-state index contributed by atoms with van der Waals surface area (Å²) in [6.45, 7) is 25.3. The number of hydrogen-bond donors (Lipinski definition) is 0. The molecule has 0 saturated heterocycles. The van der Waals surface area contributed by atoms with Crippen molar-refractivity contribution in [2.24, 2.45) is 0 Å². The molecule has 7 aromatic carbocycles. The summed E-state index contributed by atoms with van der Waals surface area (Å²) in [6, 6.07) is 57.4. The molecule has 3 heteroatoms. The number of para-hydroxylation sites is 4. The fourth-order valence-electron chi connectivity index (χ4n) is 10.1. The zero-order chi connectivity index (χ0) is 47.2. The first-order valence-electron chi connectivity index (χ1n) is 23.4. The minimum Gasteiger partial charge on any atom is -0.335 e. The Balaban J connectivity index is 0.908. The second-order valence-corrected chi connectivity index (χ2v) is 17.8. The van der Waals surface area contributed by atoms with E-state index in [-0.39, 0.29) is 6.04 Å². The monoisotopic (exact) mass is 885 g/mol. The largest absolute Gasteiger partial charge is 0.335 e. The minimum absolute atomic E-state index is 0.00987. The van der Waals surface area contributed by atoms with Crippen LogP contribution in [-0.2, 0) is 0 Å². The average molecular weight is 886 g/mol. The van der Waals surface area contributed by atoms with Crippen molar-refractivity contribution in [3.63, 3.8) is 0 Å². The first-order valence-corrected chi connectivity index (χ1v) is 23.4. The number of fused-ring (bicyclic) bond motifs is 9. The Bertz CT molecular complexity index is 3910. The van der Waals surface area contributed by atoms with Gasteiger partial charge in [-0.05, 0) is 112 Å². The number of anilines is 1. The van der Waals surface area contributed by atoms with Crippen molar-refractivity contribution < 1.29 is 0 Å². The molecule has 3 aromatic heterocycles. The normalized spacial score (nSPS) is 14.1. The number of aromatic nitrogens is 2. The molecule has 0 fully saturated rings. The highest BCUT2D eigenvalue weighted by Gasteiger charge is 2.22. The molecule has 0 aliphatic heterocycles. The Hall–Kier alpha value is -8.92. The lowest BCUT2D eigenvalue weighted by atomic mass is 9.94. The Morgan fingerprint density at radius 2 is 1.07 bits per heavy atom. The molecule has 1 unspecified atom stereocenters. The molecule has 10 aromatic rings. The lowest BCUT2D eigenvalue weighted by molar-refractivity contribution is 0.766. The van der Waals surface area contributed by atoms with Gasteiger partial charge in [0, 0.05) is 49.4 Å². The van der Waals surface area contributed by atoms with Crippen LogP contribution in [0.5, 0.6) is 0 Å². The van der Waals surface area contributed by atoms with Gasteiger partial charge in [-0.3, -0.25) is 0 Å². The van der Waals surface area contributed by atoms with E-state index in [4.69, 9.17) is 0 Å². The second kappa shape index (κ2) is 17.7. The van der Waals surface area contributed by atoms with Gasteiger partial charge < -0.3 is 13.9 Å². The number of allylic oxidation sites excluding steroid dienone is 13. The van der Waals surface area contributed by atoms with Crippen molar-refractivity contribution in [3.8, 4) is 16.8 Å². The van der Waals surface area contributed by atoms with Gasteiger partial charge in [0.2, 0.25) is 0 Å². The van der Waals surface area contributed by atoms with Crippen LogP contribution in [0.2, 0.25) is 0 Å². The maximum Gasteiger partial charge on any atom is 0.0620 e. The van der Waals surface area contributed by atoms with Gasteiger partial charge >= 0.3 is 0 Å². The third kappa shape index (κ3) is 7.61. The van der Waals surface area contributed by atoms with Crippen molar-refractivity contribution in [1.82, 2.24) is 8.97 Å².